The minimum absolute atomic E-state index is 0.205. The van der Waals surface area contributed by atoms with E-state index in [1.54, 1.807) is 6.92 Å². The number of thiophene rings is 1. The third-order valence-electron chi connectivity index (χ3n) is 4.09. The number of anilines is 1. The fourth-order valence-electron chi connectivity index (χ4n) is 2.96. The maximum Gasteiger partial charge on any atom is 0.341 e. The molecule has 1 N–H and O–H groups in total. The van der Waals surface area contributed by atoms with E-state index < -0.39 is 12.1 Å². The maximum absolute atomic E-state index is 12.6. The normalized spacial score (nSPS) is 16.6. The molecule has 0 radical (unpaired) electrons. The first kappa shape index (κ1) is 17.6. The zero-order chi connectivity index (χ0) is 17.8. The van der Waals surface area contributed by atoms with Gasteiger partial charge in [-0.15, -0.1) is 11.3 Å². The van der Waals surface area contributed by atoms with Crippen molar-refractivity contribution >= 4 is 28.2 Å². The van der Waals surface area contributed by atoms with Crippen LogP contribution < -0.4 is 5.32 Å². The highest BCUT2D eigenvalue weighted by molar-refractivity contribution is 7.17. The van der Waals surface area contributed by atoms with Gasteiger partial charge < -0.3 is 14.8 Å². The van der Waals surface area contributed by atoms with E-state index in [0.29, 0.717) is 23.6 Å². The molecule has 1 aromatic heterocycles. The van der Waals surface area contributed by atoms with Crippen molar-refractivity contribution in [3.8, 4) is 11.1 Å². The smallest absolute Gasteiger partial charge is 0.341 e. The molecule has 1 saturated heterocycles. The van der Waals surface area contributed by atoms with E-state index in [2.05, 4.69) is 5.32 Å². The van der Waals surface area contributed by atoms with Crippen molar-refractivity contribution in [3.05, 3.63) is 40.8 Å². The monoisotopic (exact) mass is 359 g/mol. The highest BCUT2D eigenvalue weighted by atomic mass is 32.1. The molecule has 2 aromatic rings. The molecule has 0 bridgehead atoms. The van der Waals surface area contributed by atoms with Gasteiger partial charge in [-0.05, 0) is 32.3 Å². The van der Waals surface area contributed by atoms with Gasteiger partial charge in [0.25, 0.3) is 5.91 Å². The fraction of sp³-hybridized carbons (Fsp3) is 0.368. The van der Waals surface area contributed by atoms with E-state index in [1.165, 1.54) is 11.3 Å². The molecule has 1 aromatic carbocycles. The summed E-state index contributed by atoms with van der Waals surface area (Å²) in [4.78, 5) is 26.0. The van der Waals surface area contributed by atoms with Crippen molar-refractivity contribution in [1.82, 2.24) is 0 Å². The summed E-state index contributed by atoms with van der Waals surface area (Å²) in [5.41, 5.74) is 2.16. The van der Waals surface area contributed by atoms with Gasteiger partial charge in [0.05, 0.1) is 6.61 Å². The van der Waals surface area contributed by atoms with Crippen LogP contribution >= 0.6 is 11.3 Å². The number of carbonyl (C=O) groups excluding carboxylic acids is 2. The zero-order valence-electron chi connectivity index (χ0n) is 14.3. The Morgan fingerprint density at radius 3 is 2.72 bits per heavy atom. The van der Waals surface area contributed by atoms with Crippen molar-refractivity contribution in [2.45, 2.75) is 32.8 Å². The Kier molecular flexibility index (Phi) is 5.50. The molecule has 3 rings (SSSR count). The van der Waals surface area contributed by atoms with Crippen LogP contribution in [0.4, 0.5) is 5.00 Å². The molecule has 0 aliphatic carbocycles. The van der Waals surface area contributed by atoms with Gasteiger partial charge in [0.2, 0.25) is 0 Å². The van der Waals surface area contributed by atoms with Gasteiger partial charge >= 0.3 is 5.97 Å². The second-order valence-corrected chi connectivity index (χ2v) is 7.04. The van der Waals surface area contributed by atoms with E-state index in [1.807, 2.05) is 37.3 Å². The summed E-state index contributed by atoms with van der Waals surface area (Å²) in [6.45, 7) is 4.59. The first-order valence-electron chi connectivity index (χ1n) is 8.40. The van der Waals surface area contributed by atoms with Gasteiger partial charge in [0.15, 0.2) is 0 Å². The number of nitrogens with one attached hydrogen (secondary N) is 1. The van der Waals surface area contributed by atoms with E-state index in [4.69, 9.17) is 9.47 Å². The molecule has 1 aliphatic rings. The van der Waals surface area contributed by atoms with Crippen molar-refractivity contribution in [1.29, 1.82) is 0 Å². The summed E-state index contributed by atoms with van der Waals surface area (Å²) in [6.07, 6.45) is 1.13. The van der Waals surface area contributed by atoms with Crippen LogP contribution in [0, 0.1) is 6.92 Å². The maximum atomic E-state index is 12.6. The van der Waals surface area contributed by atoms with Gasteiger partial charge in [0.1, 0.15) is 16.7 Å². The second kappa shape index (κ2) is 7.80. The Labute approximate surface area is 151 Å². The second-order valence-electron chi connectivity index (χ2n) is 5.81. The number of benzene rings is 1. The topological polar surface area (TPSA) is 64.6 Å². The van der Waals surface area contributed by atoms with E-state index in [9.17, 15) is 9.59 Å². The van der Waals surface area contributed by atoms with Gasteiger partial charge in [-0.1, -0.05) is 30.3 Å². The molecule has 6 heteroatoms. The summed E-state index contributed by atoms with van der Waals surface area (Å²) in [5.74, 6) is -0.628. The lowest BCUT2D eigenvalue weighted by Gasteiger charge is -2.11. The number of amides is 1. The Bertz CT molecular complexity index is 763. The Hall–Kier alpha value is -2.18. The van der Waals surface area contributed by atoms with Crippen molar-refractivity contribution in [3.63, 3.8) is 0 Å². The quantitative estimate of drug-likeness (QED) is 0.819. The Morgan fingerprint density at radius 1 is 1.32 bits per heavy atom. The molecule has 1 atom stereocenters. The molecular formula is C19H21NO4S. The number of carbonyl (C=O) groups is 2. The molecule has 5 nitrogen and oxygen atoms in total. The highest BCUT2D eigenvalue weighted by Gasteiger charge is 2.29. The molecule has 2 heterocycles. The number of esters is 1. The van der Waals surface area contributed by atoms with E-state index in [-0.39, 0.29) is 12.5 Å². The van der Waals surface area contributed by atoms with Crippen LogP contribution in [0.15, 0.2) is 30.3 Å². The predicted octanol–water partition coefficient (Wildman–Crippen LogP) is 4.02. The van der Waals surface area contributed by atoms with Crippen LogP contribution in [0.3, 0.4) is 0 Å². The molecule has 1 aliphatic heterocycles. The SMILES string of the molecule is CCOC(=O)c1c(NC(=O)[C@H]2CCCO2)sc(C)c1-c1ccccc1. The molecule has 0 saturated carbocycles. The summed E-state index contributed by atoms with van der Waals surface area (Å²) >= 11 is 1.39. The zero-order valence-corrected chi connectivity index (χ0v) is 15.2. The largest absolute Gasteiger partial charge is 0.462 e. The molecule has 1 amide bonds. The lowest BCUT2D eigenvalue weighted by molar-refractivity contribution is -0.124. The molecule has 1 fully saturated rings. The van der Waals surface area contributed by atoms with Crippen LogP contribution in [-0.2, 0) is 14.3 Å². The van der Waals surface area contributed by atoms with E-state index in [0.717, 1.165) is 22.4 Å². The predicted molar refractivity (Wildman–Crippen MR) is 98.1 cm³/mol. The Balaban J connectivity index is 1.99. The molecular weight excluding hydrogens is 338 g/mol. The van der Waals surface area contributed by atoms with Crippen molar-refractivity contribution < 1.29 is 19.1 Å². The molecule has 25 heavy (non-hydrogen) atoms. The number of hydrogen-bond donors (Lipinski definition) is 1. The minimum atomic E-state index is -0.447. The summed E-state index contributed by atoms with van der Waals surface area (Å²) < 4.78 is 10.7. The molecule has 132 valence electrons. The fourth-order valence-corrected chi connectivity index (χ4v) is 4.03. The first-order chi connectivity index (χ1) is 12.1. The number of ether oxygens (including phenoxy) is 2. The van der Waals surface area contributed by atoms with Gasteiger partial charge in [-0.25, -0.2) is 4.79 Å². The van der Waals surface area contributed by atoms with Crippen LogP contribution in [0.25, 0.3) is 11.1 Å². The third kappa shape index (κ3) is 3.75. The average molecular weight is 359 g/mol. The standard InChI is InChI=1S/C19H21NO4S/c1-3-23-19(22)16-15(13-8-5-4-6-9-13)12(2)25-18(16)20-17(21)14-10-7-11-24-14/h4-6,8-9,14H,3,7,10-11H2,1-2H3,(H,20,21)/t14-/m1/s1. The van der Waals surface area contributed by atoms with Crippen LogP contribution in [0.5, 0.6) is 0 Å². The average Bonchev–Trinajstić information content (AvgIpc) is 3.24. The van der Waals surface area contributed by atoms with Gasteiger partial charge in [0, 0.05) is 17.0 Å². The lowest BCUT2D eigenvalue weighted by atomic mass is 10.0. The highest BCUT2D eigenvalue weighted by Crippen LogP contribution is 2.40. The Morgan fingerprint density at radius 2 is 2.08 bits per heavy atom. The van der Waals surface area contributed by atoms with Crippen molar-refractivity contribution in [2.24, 2.45) is 0 Å². The molecule has 0 unspecified atom stereocenters. The van der Waals surface area contributed by atoms with Crippen molar-refractivity contribution in [2.75, 3.05) is 18.5 Å². The first-order valence-corrected chi connectivity index (χ1v) is 9.21. The summed E-state index contributed by atoms with van der Waals surface area (Å²) in [7, 11) is 0. The number of aryl methyl sites for hydroxylation is 1. The third-order valence-corrected chi connectivity index (χ3v) is 5.11. The lowest BCUT2D eigenvalue weighted by Crippen LogP contribution is -2.27. The van der Waals surface area contributed by atoms with E-state index >= 15 is 0 Å². The molecule has 0 spiro atoms. The van der Waals surface area contributed by atoms with Gasteiger partial charge in [-0.3, -0.25) is 4.79 Å². The number of rotatable bonds is 5. The van der Waals surface area contributed by atoms with Crippen LogP contribution in [0.1, 0.15) is 35.0 Å². The summed E-state index contributed by atoms with van der Waals surface area (Å²) in [5, 5.41) is 3.40. The van der Waals surface area contributed by atoms with Crippen LogP contribution in [0.2, 0.25) is 0 Å². The van der Waals surface area contributed by atoms with Gasteiger partial charge in [-0.2, -0.15) is 0 Å². The summed E-state index contributed by atoms with van der Waals surface area (Å²) in [6, 6.07) is 9.67. The van der Waals surface area contributed by atoms with Crippen LogP contribution in [-0.4, -0.2) is 31.2 Å². The number of hydrogen-bond acceptors (Lipinski definition) is 5. The minimum Gasteiger partial charge on any atom is -0.462 e.